The van der Waals surface area contributed by atoms with Crippen LogP contribution in [0.2, 0.25) is 0 Å². The molecule has 0 bridgehead atoms. The molecule has 1 N–H and O–H groups in total. The van der Waals surface area contributed by atoms with Crippen molar-refractivity contribution in [1.29, 1.82) is 0 Å². The molecule has 0 aliphatic heterocycles. The van der Waals surface area contributed by atoms with Gasteiger partial charge in [0.2, 0.25) is 5.91 Å². The maximum atomic E-state index is 13.8. The van der Waals surface area contributed by atoms with E-state index in [0.717, 1.165) is 29.6 Å². The van der Waals surface area contributed by atoms with Crippen LogP contribution < -0.4 is 10.1 Å². The van der Waals surface area contributed by atoms with Gasteiger partial charge in [0.15, 0.2) is 17.1 Å². The summed E-state index contributed by atoms with van der Waals surface area (Å²) in [5, 5.41) is 11.3. The van der Waals surface area contributed by atoms with Crippen molar-refractivity contribution in [3.8, 4) is 11.4 Å². The van der Waals surface area contributed by atoms with E-state index in [1.807, 2.05) is 30.3 Å². The predicted octanol–water partition coefficient (Wildman–Crippen LogP) is 5.56. The molecular formula is C24H19F3N4O2S. The van der Waals surface area contributed by atoms with Crippen LogP contribution in [0.25, 0.3) is 5.69 Å². The van der Waals surface area contributed by atoms with Crippen LogP contribution in [-0.4, -0.2) is 26.4 Å². The number of halogens is 3. The second-order valence-electron chi connectivity index (χ2n) is 7.19. The Morgan fingerprint density at radius 1 is 1.00 bits per heavy atom. The first-order valence-electron chi connectivity index (χ1n) is 10.2. The third-order valence-corrected chi connectivity index (χ3v) is 5.63. The van der Waals surface area contributed by atoms with Gasteiger partial charge in [-0.15, -0.1) is 10.2 Å². The smallest absolute Gasteiger partial charge is 0.234 e. The van der Waals surface area contributed by atoms with E-state index in [0.29, 0.717) is 22.8 Å². The van der Waals surface area contributed by atoms with Gasteiger partial charge in [0.05, 0.1) is 11.4 Å². The average Bonchev–Trinajstić information content (AvgIpc) is 3.26. The molecule has 1 heterocycles. The van der Waals surface area contributed by atoms with Gasteiger partial charge in [0, 0.05) is 11.8 Å². The van der Waals surface area contributed by atoms with Crippen LogP contribution in [-0.2, 0) is 4.79 Å². The number of ether oxygens (including phenoxy) is 1. The summed E-state index contributed by atoms with van der Waals surface area (Å²) in [5.74, 6) is -1.60. The number of hydrogen-bond acceptors (Lipinski definition) is 5. The van der Waals surface area contributed by atoms with Crippen LogP contribution in [0.15, 0.2) is 78.0 Å². The van der Waals surface area contributed by atoms with Gasteiger partial charge in [-0.05, 0) is 55.5 Å². The van der Waals surface area contributed by atoms with E-state index in [2.05, 4.69) is 15.5 Å². The van der Waals surface area contributed by atoms with Gasteiger partial charge < -0.3 is 10.1 Å². The molecular weight excluding hydrogens is 465 g/mol. The SMILES string of the molecule is CC(Oc1ccc(F)cc1)c1nnc(SCC(=O)Nc2ccc(F)cc2F)n1-c1ccccc1. The standard InChI is InChI=1S/C24H19F3N4O2S/c1-15(33-19-10-7-16(25)8-11-19)23-29-30-24(31(23)18-5-3-2-4-6-18)34-14-22(32)28-21-12-9-17(26)13-20(21)27/h2-13,15H,14H2,1H3,(H,28,32). The first-order valence-corrected chi connectivity index (χ1v) is 11.2. The summed E-state index contributed by atoms with van der Waals surface area (Å²) >= 11 is 1.10. The van der Waals surface area contributed by atoms with E-state index in [1.54, 1.807) is 11.5 Å². The maximum absolute atomic E-state index is 13.8. The third kappa shape index (κ3) is 5.57. The van der Waals surface area contributed by atoms with Crippen LogP contribution >= 0.6 is 11.8 Å². The number of thioether (sulfide) groups is 1. The van der Waals surface area contributed by atoms with Gasteiger partial charge >= 0.3 is 0 Å². The van der Waals surface area contributed by atoms with E-state index in [-0.39, 0.29) is 17.3 Å². The summed E-state index contributed by atoms with van der Waals surface area (Å²) in [6.07, 6.45) is -0.547. The zero-order valence-corrected chi connectivity index (χ0v) is 18.7. The molecule has 0 saturated carbocycles. The number of para-hydroxylation sites is 1. The van der Waals surface area contributed by atoms with E-state index < -0.39 is 23.6 Å². The highest BCUT2D eigenvalue weighted by atomic mass is 32.2. The van der Waals surface area contributed by atoms with E-state index >= 15 is 0 Å². The molecule has 10 heteroatoms. The van der Waals surface area contributed by atoms with Crippen molar-refractivity contribution in [2.24, 2.45) is 0 Å². The molecule has 1 aromatic heterocycles. The predicted molar refractivity (Wildman–Crippen MR) is 123 cm³/mol. The van der Waals surface area contributed by atoms with E-state index in [9.17, 15) is 18.0 Å². The molecule has 174 valence electrons. The molecule has 0 radical (unpaired) electrons. The normalized spacial score (nSPS) is 11.8. The Morgan fingerprint density at radius 2 is 1.71 bits per heavy atom. The van der Waals surface area contributed by atoms with Crippen molar-refractivity contribution in [1.82, 2.24) is 14.8 Å². The Bertz CT molecular complexity index is 1280. The highest BCUT2D eigenvalue weighted by molar-refractivity contribution is 7.99. The lowest BCUT2D eigenvalue weighted by Gasteiger charge is -2.16. The molecule has 0 aliphatic carbocycles. The fraction of sp³-hybridized carbons (Fsp3) is 0.125. The molecule has 34 heavy (non-hydrogen) atoms. The number of nitrogens with one attached hydrogen (secondary N) is 1. The van der Waals surface area contributed by atoms with E-state index in [4.69, 9.17) is 4.74 Å². The summed E-state index contributed by atoms with van der Waals surface area (Å²) in [7, 11) is 0. The molecule has 1 atom stereocenters. The van der Waals surface area contributed by atoms with Crippen molar-refractivity contribution >= 4 is 23.4 Å². The fourth-order valence-electron chi connectivity index (χ4n) is 3.13. The fourth-order valence-corrected chi connectivity index (χ4v) is 3.89. The molecule has 3 aromatic carbocycles. The molecule has 0 saturated heterocycles. The summed E-state index contributed by atoms with van der Waals surface area (Å²) in [6, 6.07) is 17.8. The number of amides is 1. The van der Waals surface area contributed by atoms with Gasteiger partial charge in [0.25, 0.3) is 0 Å². The number of nitrogens with zero attached hydrogens (tertiary/aromatic N) is 3. The van der Waals surface area contributed by atoms with Gasteiger partial charge in [-0.25, -0.2) is 13.2 Å². The summed E-state index contributed by atoms with van der Waals surface area (Å²) in [6.45, 7) is 1.78. The second kappa shape index (κ2) is 10.4. The summed E-state index contributed by atoms with van der Waals surface area (Å²) in [5.41, 5.74) is 0.642. The third-order valence-electron chi connectivity index (χ3n) is 4.70. The minimum absolute atomic E-state index is 0.0883. The Balaban J connectivity index is 1.53. The lowest BCUT2D eigenvalue weighted by atomic mass is 10.3. The molecule has 0 spiro atoms. The summed E-state index contributed by atoms with van der Waals surface area (Å²) in [4.78, 5) is 12.4. The number of carbonyl (C=O) groups excluding carboxylic acids is 1. The average molecular weight is 485 g/mol. The minimum Gasteiger partial charge on any atom is -0.483 e. The van der Waals surface area contributed by atoms with Gasteiger partial charge in [-0.2, -0.15) is 0 Å². The Labute approximate surface area is 197 Å². The van der Waals surface area contributed by atoms with Gasteiger partial charge in [-0.3, -0.25) is 9.36 Å². The topological polar surface area (TPSA) is 69.0 Å². The molecule has 4 aromatic rings. The lowest BCUT2D eigenvalue weighted by Crippen LogP contribution is -2.16. The highest BCUT2D eigenvalue weighted by Crippen LogP contribution is 2.28. The van der Waals surface area contributed by atoms with Crippen molar-refractivity contribution in [3.63, 3.8) is 0 Å². The van der Waals surface area contributed by atoms with Crippen molar-refractivity contribution in [2.45, 2.75) is 18.2 Å². The number of benzene rings is 3. The molecule has 4 rings (SSSR count). The Kier molecular flexibility index (Phi) is 7.17. The molecule has 1 amide bonds. The monoisotopic (exact) mass is 484 g/mol. The Morgan fingerprint density at radius 3 is 2.41 bits per heavy atom. The van der Waals surface area contributed by atoms with Crippen LogP contribution in [0, 0.1) is 17.5 Å². The zero-order chi connectivity index (χ0) is 24.1. The number of carbonyl (C=O) groups is 1. The number of rotatable bonds is 8. The zero-order valence-electron chi connectivity index (χ0n) is 17.9. The van der Waals surface area contributed by atoms with Crippen molar-refractivity contribution in [2.75, 3.05) is 11.1 Å². The quantitative estimate of drug-likeness (QED) is 0.332. The van der Waals surface area contributed by atoms with Crippen LogP contribution in [0.1, 0.15) is 18.9 Å². The number of aromatic nitrogens is 3. The molecule has 6 nitrogen and oxygen atoms in total. The molecule has 1 unspecified atom stereocenters. The summed E-state index contributed by atoms with van der Waals surface area (Å²) < 4.78 is 47.8. The van der Waals surface area contributed by atoms with Crippen LogP contribution in [0.4, 0.5) is 18.9 Å². The molecule has 0 fully saturated rings. The first-order chi connectivity index (χ1) is 16.4. The Hall–Kier alpha value is -3.79. The van der Waals surface area contributed by atoms with Crippen LogP contribution in [0.5, 0.6) is 5.75 Å². The minimum atomic E-state index is -0.861. The number of hydrogen-bond donors (Lipinski definition) is 1. The van der Waals surface area contributed by atoms with Gasteiger partial charge in [-0.1, -0.05) is 30.0 Å². The van der Waals surface area contributed by atoms with Crippen LogP contribution in [0.3, 0.4) is 0 Å². The highest BCUT2D eigenvalue weighted by Gasteiger charge is 2.22. The largest absolute Gasteiger partial charge is 0.483 e. The lowest BCUT2D eigenvalue weighted by molar-refractivity contribution is -0.113. The number of anilines is 1. The van der Waals surface area contributed by atoms with E-state index in [1.165, 1.54) is 24.3 Å². The second-order valence-corrected chi connectivity index (χ2v) is 8.13. The van der Waals surface area contributed by atoms with Crippen molar-refractivity contribution in [3.05, 3.63) is 96.1 Å². The maximum Gasteiger partial charge on any atom is 0.234 e. The molecule has 0 aliphatic rings. The van der Waals surface area contributed by atoms with Crippen molar-refractivity contribution < 1.29 is 22.7 Å². The van der Waals surface area contributed by atoms with Gasteiger partial charge in [0.1, 0.15) is 23.2 Å². The first kappa shape index (κ1) is 23.4.